The van der Waals surface area contributed by atoms with Gasteiger partial charge in [-0.15, -0.1) is 0 Å². The minimum Gasteiger partial charge on any atom is -0.285 e. The number of benzene rings is 1. The molecule has 1 aromatic rings. The number of hydrogen-bond acceptors (Lipinski definition) is 1. The van der Waals surface area contributed by atoms with Gasteiger partial charge in [0.1, 0.15) is 0 Å². The van der Waals surface area contributed by atoms with E-state index in [9.17, 15) is 18.7 Å². The molecular formula is C7H4F2NO2. The van der Waals surface area contributed by atoms with Crippen molar-refractivity contribution in [3.63, 3.8) is 0 Å². The normalized spacial score (nSPS) is 9.50. The van der Waals surface area contributed by atoms with E-state index in [-0.39, 0.29) is 0 Å². The monoisotopic (exact) mass is 172 g/mol. The molecule has 0 saturated carbocycles. The maximum Gasteiger partial charge on any atom is 0.455 e. The number of hydrogen-bond donors (Lipinski definition) is 1. The Morgan fingerprint density at radius 1 is 1.33 bits per heavy atom. The standard InChI is InChI=1S/C7H4F2NO2/c8-4-2-1-3-5(6(4)9)10-7(11)12/h1-3,10H. The quantitative estimate of drug-likeness (QED) is 0.691. The fourth-order valence-electron chi connectivity index (χ4n) is 0.710. The molecule has 63 valence electrons. The first-order chi connectivity index (χ1) is 5.61. The van der Waals surface area contributed by atoms with Crippen molar-refractivity contribution in [1.82, 2.24) is 0 Å². The summed E-state index contributed by atoms with van der Waals surface area (Å²) in [6.45, 7) is 0. The van der Waals surface area contributed by atoms with Gasteiger partial charge in [0, 0.05) is 0 Å². The van der Waals surface area contributed by atoms with E-state index < -0.39 is 23.4 Å². The van der Waals surface area contributed by atoms with E-state index in [1.54, 1.807) is 5.32 Å². The predicted octanol–water partition coefficient (Wildman–Crippen LogP) is 1.93. The third kappa shape index (κ3) is 1.69. The first kappa shape index (κ1) is 8.45. The van der Waals surface area contributed by atoms with Gasteiger partial charge in [-0.2, -0.15) is 0 Å². The highest BCUT2D eigenvalue weighted by atomic mass is 19.2. The van der Waals surface area contributed by atoms with Gasteiger partial charge in [0.15, 0.2) is 11.6 Å². The molecule has 1 radical (unpaired) electrons. The summed E-state index contributed by atoms with van der Waals surface area (Å²) in [5.41, 5.74) is -0.449. The van der Waals surface area contributed by atoms with E-state index in [1.807, 2.05) is 0 Å². The summed E-state index contributed by atoms with van der Waals surface area (Å²) in [7, 11) is 0. The lowest BCUT2D eigenvalue weighted by Gasteiger charge is -2.00. The first-order valence-electron chi connectivity index (χ1n) is 3.03. The van der Waals surface area contributed by atoms with Crippen molar-refractivity contribution in [3.8, 4) is 0 Å². The molecule has 0 bridgehead atoms. The van der Waals surface area contributed by atoms with E-state index in [0.29, 0.717) is 0 Å². The molecule has 0 spiro atoms. The van der Waals surface area contributed by atoms with Gasteiger partial charge in [-0.1, -0.05) is 6.07 Å². The molecule has 0 aliphatic heterocycles. The molecule has 0 aromatic heterocycles. The van der Waals surface area contributed by atoms with Crippen molar-refractivity contribution < 1.29 is 18.7 Å². The van der Waals surface area contributed by atoms with Crippen molar-refractivity contribution >= 4 is 11.8 Å². The maximum atomic E-state index is 12.6. The lowest BCUT2D eigenvalue weighted by atomic mass is 10.3. The topological polar surface area (TPSA) is 49.0 Å². The smallest absolute Gasteiger partial charge is 0.285 e. The summed E-state index contributed by atoms with van der Waals surface area (Å²) in [5.74, 6) is -2.34. The molecule has 1 aromatic carbocycles. The molecule has 0 saturated heterocycles. The summed E-state index contributed by atoms with van der Waals surface area (Å²) in [6.07, 6.45) is -1.68. The van der Waals surface area contributed by atoms with Gasteiger partial charge in [0.2, 0.25) is 0 Å². The SMILES string of the molecule is [O]C(=O)Nc1cccc(F)c1F. The van der Waals surface area contributed by atoms with E-state index in [2.05, 4.69) is 0 Å². The lowest BCUT2D eigenvalue weighted by Crippen LogP contribution is -2.07. The minimum absolute atomic E-state index is 0.449. The minimum atomic E-state index is -1.68. The van der Waals surface area contributed by atoms with Crippen molar-refractivity contribution in [1.29, 1.82) is 0 Å². The Hall–Kier alpha value is -1.65. The third-order valence-corrected chi connectivity index (χ3v) is 1.19. The van der Waals surface area contributed by atoms with E-state index in [1.165, 1.54) is 6.07 Å². The van der Waals surface area contributed by atoms with Crippen LogP contribution < -0.4 is 5.32 Å². The summed E-state index contributed by atoms with van der Waals surface area (Å²) < 4.78 is 25.0. The van der Waals surface area contributed by atoms with Crippen LogP contribution in [0.5, 0.6) is 0 Å². The van der Waals surface area contributed by atoms with Gasteiger partial charge in [-0.3, -0.25) is 5.32 Å². The van der Waals surface area contributed by atoms with Crippen LogP contribution in [0.4, 0.5) is 19.3 Å². The second-order valence-electron chi connectivity index (χ2n) is 2.01. The van der Waals surface area contributed by atoms with Gasteiger partial charge < -0.3 is 0 Å². The van der Waals surface area contributed by atoms with Gasteiger partial charge >= 0.3 is 6.09 Å². The second-order valence-corrected chi connectivity index (χ2v) is 2.01. The molecule has 12 heavy (non-hydrogen) atoms. The number of carbonyl (C=O) groups excluding carboxylic acids is 1. The molecule has 0 unspecified atom stereocenters. The fourth-order valence-corrected chi connectivity index (χ4v) is 0.710. The summed E-state index contributed by atoms with van der Waals surface area (Å²) >= 11 is 0. The predicted molar refractivity (Wildman–Crippen MR) is 36.1 cm³/mol. The van der Waals surface area contributed by atoms with E-state index >= 15 is 0 Å². The average molecular weight is 172 g/mol. The number of halogens is 2. The van der Waals surface area contributed by atoms with Crippen LogP contribution in [-0.2, 0) is 5.11 Å². The molecule has 0 atom stereocenters. The zero-order chi connectivity index (χ0) is 9.14. The van der Waals surface area contributed by atoms with Gasteiger partial charge in [0.05, 0.1) is 5.69 Å². The van der Waals surface area contributed by atoms with Crippen LogP contribution >= 0.6 is 0 Å². The second kappa shape index (κ2) is 3.17. The number of carbonyl (C=O) groups is 1. The first-order valence-corrected chi connectivity index (χ1v) is 3.03. The van der Waals surface area contributed by atoms with Crippen molar-refractivity contribution in [3.05, 3.63) is 29.8 Å². The van der Waals surface area contributed by atoms with Crippen LogP contribution in [0.3, 0.4) is 0 Å². The Morgan fingerprint density at radius 2 is 2.00 bits per heavy atom. The van der Waals surface area contributed by atoms with Crippen LogP contribution in [0.15, 0.2) is 18.2 Å². The Bertz CT molecular complexity index is 314. The molecule has 1 rings (SSSR count). The molecule has 1 amide bonds. The molecule has 5 heteroatoms. The van der Waals surface area contributed by atoms with Gasteiger partial charge in [-0.05, 0) is 12.1 Å². The van der Waals surface area contributed by atoms with Gasteiger partial charge in [0.25, 0.3) is 0 Å². The zero-order valence-corrected chi connectivity index (χ0v) is 5.80. The van der Waals surface area contributed by atoms with E-state index in [4.69, 9.17) is 0 Å². The zero-order valence-electron chi connectivity index (χ0n) is 5.80. The summed E-state index contributed by atoms with van der Waals surface area (Å²) in [6, 6.07) is 3.16. The average Bonchev–Trinajstić information content (AvgIpc) is 1.98. The van der Waals surface area contributed by atoms with E-state index in [0.717, 1.165) is 12.1 Å². The highest BCUT2D eigenvalue weighted by Crippen LogP contribution is 2.15. The van der Waals surface area contributed by atoms with Crippen LogP contribution in [0, 0.1) is 11.6 Å². The molecule has 0 fully saturated rings. The number of rotatable bonds is 1. The molecule has 0 aliphatic carbocycles. The third-order valence-electron chi connectivity index (χ3n) is 1.19. The Labute approximate surface area is 66.6 Å². The van der Waals surface area contributed by atoms with Crippen LogP contribution in [0.1, 0.15) is 0 Å². The Morgan fingerprint density at radius 3 is 2.58 bits per heavy atom. The van der Waals surface area contributed by atoms with Crippen LogP contribution in [0.2, 0.25) is 0 Å². The number of anilines is 1. The largest absolute Gasteiger partial charge is 0.455 e. The van der Waals surface area contributed by atoms with Crippen molar-refractivity contribution in [2.24, 2.45) is 0 Å². The number of nitrogens with one attached hydrogen (secondary N) is 1. The summed E-state index contributed by atoms with van der Waals surface area (Å²) in [5, 5.41) is 11.5. The molecule has 1 N–H and O–H groups in total. The molecule has 0 heterocycles. The van der Waals surface area contributed by atoms with Crippen molar-refractivity contribution in [2.75, 3.05) is 5.32 Å². The Kier molecular flexibility index (Phi) is 2.23. The van der Waals surface area contributed by atoms with Crippen LogP contribution in [0.25, 0.3) is 0 Å². The van der Waals surface area contributed by atoms with Crippen LogP contribution in [-0.4, -0.2) is 6.09 Å². The highest BCUT2D eigenvalue weighted by Gasteiger charge is 2.09. The maximum absolute atomic E-state index is 12.6. The molecule has 3 nitrogen and oxygen atoms in total. The fraction of sp³-hybridized carbons (Fsp3) is 0. The van der Waals surface area contributed by atoms with Gasteiger partial charge in [-0.25, -0.2) is 18.7 Å². The molecule has 0 aliphatic rings. The Balaban J connectivity index is 3.00. The summed E-state index contributed by atoms with van der Waals surface area (Å²) in [4.78, 5) is 9.92. The van der Waals surface area contributed by atoms with Crippen molar-refractivity contribution in [2.45, 2.75) is 0 Å². The lowest BCUT2D eigenvalue weighted by molar-refractivity contribution is 0.185. The molecular weight excluding hydrogens is 168 g/mol. The highest BCUT2D eigenvalue weighted by molar-refractivity contribution is 5.82. The number of amides is 1.